The van der Waals surface area contributed by atoms with Crippen LogP contribution in [0.2, 0.25) is 0 Å². The van der Waals surface area contributed by atoms with E-state index in [0.717, 1.165) is 32.4 Å². The molecule has 0 unspecified atom stereocenters. The monoisotopic (exact) mass is 270 g/mol. The molecular weight excluding hydrogens is 248 g/mol. The third-order valence-corrected chi connectivity index (χ3v) is 5.48. The summed E-state index contributed by atoms with van der Waals surface area (Å²) in [6.07, 6.45) is 4.32. The smallest absolute Gasteiger partial charge is 0.130 e. The molecule has 1 aromatic carbocycles. The molecule has 0 saturated carbocycles. The third-order valence-electron chi connectivity index (χ3n) is 5.48. The second kappa shape index (κ2) is 4.34. The van der Waals surface area contributed by atoms with Gasteiger partial charge in [0.1, 0.15) is 6.04 Å². The van der Waals surface area contributed by atoms with Gasteiger partial charge >= 0.3 is 0 Å². The summed E-state index contributed by atoms with van der Waals surface area (Å²) in [6, 6.07) is 8.63. The van der Waals surface area contributed by atoms with E-state index in [2.05, 4.69) is 36.2 Å². The van der Waals surface area contributed by atoms with Crippen LogP contribution in [0.15, 0.2) is 24.3 Å². The minimum absolute atomic E-state index is 0.0122. The summed E-state index contributed by atoms with van der Waals surface area (Å²) < 4.78 is 0.0122. The summed E-state index contributed by atoms with van der Waals surface area (Å²) in [5, 5.41) is 14.6. The minimum atomic E-state index is 0.0122. The number of piperidine rings is 1. The van der Waals surface area contributed by atoms with Gasteiger partial charge in [0.05, 0.1) is 18.8 Å². The maximum Gasteiger partial charge on any atom is 0.130 e. The maximum absolute atomic E-state index is 13.2. The van der Waals surface area contributed by atoms with E-state index in [4.69, 9.17) is 0 Å². The first-order valence-electron chi connectivity index (χ1n) is 7.88. The predicted molar refractivity (Wildman–Crippen MR) is 81.1 cm³/mol. The molecule has 106 valence electrons. The number of fused-ring (bicyclic) bond motifs is 5. The molecule has 0 amide bonds. The molecule has 1 aromatic heterocycles. The molecule has 20 heavy (non-hydrogen) atoms. The number of quaternary nitrogens is 1. The van der Waals surface area contributed by atoms with E-state index in [0.29, 0.717) is 5.92 Å². The van der Waals surface area contributed by atoms with Crippen LogP contribution in [0.5, 0.6) is 0 Å². The first-order chi connectivity index (χ1) is 9.71. The van der Waals surface area contributed by atoms with Gasteiger partial charge in [-0.2, -0.15) is 0 Å². The Morgan fingerprint density at radius 2 is 2.15 bits per heavy atom. The number of hydroxylamine groups is 3. The Kier molecular flexibility index (Phi) is 2.69. The Bertz CT molecular complexity index is 647. The Labute approximate surface area is 119 Å². The number of hydrogen-bond donors (Lipinski definition) is 1. The lowest BCUT2D eigenvalue weighted by molar-refractivity contribution is -0.922. The Morgan fingerprint density at radius 3 is 3.00 bits per heavy atom. The van der Waals surface area contributed by atoms with E-state index in [1.54, 1.807) is 0 Å². The van der Waals surface area contributed by atoms with E-state index in [1.807, 2.05) is 0 Å². The van der Waals surface area contributed by atoms with Crippen LogP contribution in [0.4, 0.5) is 0 Å². The highest BCUT2D eigenvalue weighted by Gasteiger charge is 2.42. The molecule has 3 heteroatoms. The van der Waals surface area contributed by atoms with Gasteiger partial charge in [-0.25, -0.2) is 0 Å². The number of hydrogen-bond acceptors (Lipinski definition) is 1. The van der Waals surface area contributed by atoms with Crippen LogP contribution < -0.4 is 0 Å². The molecule has 2 aliphatic heterocycles. The molecule has 1 fully saturated rings. The highest BCUT2D eigenvalue weighted by Crippen LogP contribution is 2.45. The van der Waals surface area contributed by atoms with Crippen molar-refractivity contribution in [1.82, 2.24) is 4.98 Å². The number of para-hydroxylation sites is 1. The Morgan fingerprint density at radius 1 is 1.30 bits per heavy atom. The van der Waals surface area contributed by atoms with Gasteiger partial charge in [0.25, 0.3) is 0 Å². The highest BCUT2D eigenvalue weighted by atomic mass is 16.5. The number of aromatic nitrogens is 1. The van der Waals surface area contributed by atoms with Gasteiger partial charge in [0.15, 0.2) is 0 Å². The van der Waals surface area contributed by atoms with Crippen LogP contribution in [0.25, 0.3) is 10.9 Å². The van der Waals surface area contributed by atoms with Crippen molar-refractivity contribution in [1.29, 1.82) is 0 Å². The lowest BCUT2D eigenvalue weighted by Gasteiger charge is -2.55. The van der Waals surface area contributed by atoms with Crippen LogP contribution in [0.3, 0.4) is 0 Å². The number of nitrogens with one attached hydrogen (secondary N) is 1. The van der Waals surface area contributed by atoms with Crippen molar-refractivity contribution in [2.75, 3.05) is 13.1 Å². The minimum Gasteiger partial charge on any atom is -0.632 e. The summed E-state index contributed by atoms with van der Waals surface area (Å²) in [4.78, 5) is 3.56. The van der Waals surface area contributed by atoms with E-state index in [-0.39, 0.29) is 10.7 Å². The van der Waals surface area contributed by atoms with Crippen molar-refractivity contribution in [3.05, 3.63) is 40.7 Å². The van der Waals surface area contributed by atoms with Crippen LogP contribution >= 0.6 is 0 Å². The second-order valence-corrected chi connectivity index (χ2v) is 6.54. The van der Waals surface area contributed by atoms with Gasteiger partial charge in [-0.05, 0) is 24.5 Å². The number of aromatic amines is 1. The molecule has 1 N–H and O–H groups in total. The fourth-order valence-corrected chi connectivity index (χ4v) is 4.32. The van der Waals surface area contributed by atoms with Crippen molar-refractivity contribution in [3.63, 3.8) is 0 Å². The molecular formula is C17H22N2O. The fourth-order valence-electron chi connectivity index (χ4n) is 4.32. The molecule has 0 aliphatic carbocycles. The van der Waals surface area contributed by atoms with Crippen molar-refractivity contribution in [2.24, 2.45) is 5.92 Å². The first kappa shape index (κ1) is 12.4. The fraction of sp³-hybridized carbons (Fsp3) is 0.529. The third kappa shape index (κ3) is 1.66. The molecule has 1 saturated heterocycles. The quantitative estimate of drug-likeness (QED) is 0.619. The number of benzene rings is 1. The molecule has 2 aromatic rings. The molecule has 0 bridgehead atoms. The molecule has 2 aliphatic rings. The first-order valence-corrected chi connectivity index (χ1v) is 7.88. The van der Waals surface area contributed by atoms with Crippen LogP contribution in [0, 0.1) is 11.1 Å². The second-order valence-electron chi connectivity index (χ2n) is 6.54. The summed E-state index contributed by atoms with van der Waals surface area (Å²) in [5.74, 6) is 0.620. The van der Waals surface area contributed by atoms with Crippen molar-refractivity contribution in [3.8, 4) is 0 Å². The molecule has 4 rings (SSSR count). The van der Waals surface area contributed by atoms with Gasteiger partial charge in [0, 0.05) is 29.7 Å². The molecule has 0 radical (unpaired) electrons. The van der Waals surface area contributed by atoms with Crippen LogP contribution in [-0.2, 0) is 6.42 Å². The summed E-state index contributed by atoms with van der Waals surface area (Å²) in [5.41, 5.74) is 3.84. The van der Waals surface area contributed by atoms with Gasteiger partial charge in [-0.15, -0.1) is 0 Å². The zero-order valence-corrected chi connectivity index (χ0v) is 12.1. The summed E-state index contributed by atoms with van der Waals surface area (Å²) in [6.45, 7) is 3.79. The molecule has 3 heterocycles. The van der Waals surface area contributed by atoms with E-state index in [1.165, 1.54) is 28.6 Å². The highest BCUT2D eigenvalue weighted by molar-refractivity contribution is 5.85. The summed E-state index contributed by atoms with van der Waals surface area (Å²) >= 11 is 0. The van der Waals surface area contributed by atoms with Gasteiger partial charge < -0.3 is 14.8 Å². The molecule has 0 spiro atoms. The van der Waals surface area contributed by atoms with E-state index in [9.17, 15) is 5.21 Å². The average Bonchev–Trinajstić information content (AvgIpc) is 2.84. The van der Waals surface area contributed by atoms with E-state index >= 15 is 0 Å². The Balaban J connectivity index is 1.80. The molecule has 3 atom stereocenters. The number of rotatable bonds is 1. The van der Waals surface area contributed by atoms with Crippen molar-refractivity contribution < 1.29 is 4.65 Å². The lowest BCUT2D eigenvalue weighted by Crippen LogP contribution is -2.54. The SMILES string of the molecule is CC[C@@H]1CC[C@H]2c3[nH]c4ccccc4c3CC[N@@+]2([O-])C1. The number of H-pyrrole nitrogens is 1. The largest absolute Gasteiger partial charge is 0.632 e. The van der Waals surface area contributed by atoms with Crippen LogP contribution in [-0.4, -0.2) is 22.7 Å². The van der Waals surface area contributed by atoms with Crippen molar-refractivity contribution >= 4 is 10.9 Å². The van der Waals surface area contributed by atoms with Gasteiger partial charge in [-0.3, -0.25) is 0 Å². The lowest BCUT2D eigenvalue weighted by atomic mass is 9.84. The maximum atomic E-state index is 13.2. The predicted octanol–water partition coefficient (Wildman–Crippen LogP) is 3.90. The normalized spacial score (nSPS) is 32.9. The number of nitrogens with zero attached hydrogens (tertiary/aromatic N) is 1. The Hall–Kier alpha value is -1.32. The topological polar surface area (TPSA) is 38.8 Å². The standard InChI is InChI=1S/C17H22N2O/c1-2-12-7-8-16-17-14(9-10-19(16,20)11-12)13-5-3-4-6-15(13)18-17/h3-6,12,16,18H,2,7-11H2,1H3/t12-,16+,19-/m1/s1. The zero-order valence-electron chi connectivity index (χ0n) is 12.1. The van der Waals surface area contributed by atoms with Gasteiger partial charge in [-0.1, -0.05) is 25.1 Å². The van der Waals surface area contributed by atoms with E-state index < -0.39 is 0 Å². The zero-order chi connectivity index (χ0) is 13.7. The average molecular weight is 270 g/mol. The molecule has 3 nitrogen and oxygen atoms in total. The van der Waals surface area contributed by atoms with Crippen molar-refractivity contribution in [2.45, 2.75) is 38.6 Å². The van der Waals surface area contributed by atoms with Gasteiger partial charge in [0.2, 0.25) is 0 Å². The summed E-state index contributed by atoms with van der Waals surface area (Å²) in [7, 11) is 0. The van der Waals surface area contributed by atoms with Crippen LogP contribution in [0.1, 0.15) is 43.5 Å².